The molecule has 84 valence electrons. The van der Waals surface area contributed by atoms with Gasteiger partial charge in [0.15, 0.2) is 0 Å². The summed E-state index contributed by atoms with van der Waals surface area (Å²) in [7, 11) is 1.64. The number of hydrogen-bond acceptors (Lipinski definition) is 4. The van der Waals surface area contributed by atoms with Crippen LogP contribution in [-0.2, 0) is 11.3 Å². The molecule has 4 nitrogen and oxygen atoms in total. The van der Waals surface area contributed by atoms with Crippen LogP contribution in [0.4, 0.5) is 0 Å². The van der Waals surface area contributed by atoms with E-state index in [2.05, 4.69) is 0 Å². The molecule has 1 aromatic rings. The van der Waals surface area contributed by atoms with Crippen molar-refractivity contribution in [1.82, 2.24) is 0 Å². The van der Waals surface area contributed by atoms with E-state index in [1.807, 2.05) is 24.3 Å². The van der Waals surface area contributed by atoms with Gasteiger partial charge in [-0.2, -0.15) is 0 Å². The lowest BCUT2D eigenvalue weighted by Crippen LogP contribution is -2.34. The van der Waals surface area contributed by atoms with Crippen molar-refractivity contribution in [2.45, 2.75) is 12.6 Å². The molecule has 4 N–H and O–H groups in total. The van der Waals surface area contributed by atoms with Crippen LogP contribution in [0.5, 0.6) is 5.75 Å². The van der Waals surface area contributed by atoms with Crippen molar-refractivity contribution in [3.63, 3.8) is 0 Å². The zero-order valence-electron chi connectivity index (χ0n) is 8.98. The smallest absolute Gasteiger partial charge is 0.124 e. The van der Waals surface area contributed by atoms with Crippen LogP contribution in [0.25, 0.3) is 0 Å². The summed E-state index contributed by atoms with van der Waals surface area (Å²) in [5.41, 5.74) is 12.0. The van der Waals surface area contributed by atoms with Gasteiger partial charge in [-0.25, -0.2) is 0 Å². The normalized spacial score (nSPS) is 12.5. The molecule has 0 unspecified atom stereocenters. The Hall–Kier alpha value is -1.10. The lowest BCUT2D eigenvalue weighted by Gasteiger charge is -2.11. The van der Waals surface area contributed by atoms with Gasteiger partial charge in [-0.1, -0.05) is 18.2 Å². The summed E-state index contributed by atoms with van der Waals surface area (Å²) in [6.45, 7) is 1.40. The van der Waals surface area contributed by atoms with E-state index >= 15 is 0 Å². The van der Waals surface area contributed by atoms with Crippen molar-refractivity contribution >= 4 is 0 Å². The number of benzene rings is 1. The second-order valence-electron chi connectivity index (χ2n) is 3.32. The maximum Gasteiger partial charge on any atom is 0.124 e. The molecule has 0 spiro atoms. The first-order valence-electron chi connectivity index (χ1n) is 4.93. The molecule has 0 saturated carbocycles. The topological polar surface area (TPSA) is 70.5 Å². The predicted octanol–water partition coefficient (Wildman–Crippen LogP) is 0.498. The third-order valence-electron chi connectivity index (χ3n) is 2.08. The first-order chi connectivity index (χ1) is 7.27. The molecular weight excluding hydrogens is 192 g/mol. The lowest BCUT2D eigenvalue weighted by molar-refractivity contribution is 0.108. The zero-order valence-corrected chi connectivity index (χ0v) is 8.98. The monoisotopic (exact) mass is 210 g/mol. The molecule has 0 bridgehead atoms. The summed E-state index contributed by atoms with van der Waals surface area (Å²) in [5.74, 6) is 0.832. The van der Waals surface area contributed by atoms with Gasteiger partial charge in [0.1, 0.15) is 5.75 Å². The molecule has 0 aliphatic carbocycles. The number of nitrogens with two attached hydrogens (primary N) is 2. The molecule has 0 heterocycles. The van der Waals surface area contributed by atoms with Gasteiger partial charge in [-0.15, -0.1) is 0 Å². The SMILES string of the molecule is COc1ccccc1COC[C@@H](N)CN. The summed E-state index contributed by atoms with van der Waals surface area (Å²) in [4.78, 5) is 0. The summed E-state index contributed by atoms with van der Waals surface area (Å²) < 4.78 is 10.6. The van der Waals surface area contributed by atoms with E-state index in [1.165, 1.54) is 0 Å². The van der Waals surface area contributed by atoms with Crippen LogP contribution in [0.2, 0.25) is 0 Å². The molecule has 1 atom stereocenters. The van der Waals surface area contributed by atoms with Gasteiger partial charge >= 0.3 is 0 Å². The van der Waals surface area contributed by atoms with Crippen LogP contribution >= 0.6 is 0 Å². The summed E-state index contributed by atoms with van der Waals surface area (Å²) in [6, 6.07) is 7.64. The van der Waals surface area contributed by atoms with Gasteiger partial charge in [0.2, 0.25) is 0 Å². The Balaban J connectivity index is 2.43. The van der Waals surface area contributed by atoms with Crippen LogP contribution in [0, 0.1) is 0 Å². The minimum absolute atomic E-state index is 0.0975. The van der Waals surface area contributed by atoms with Gasteiger partial charge in [0.25, 0.3) is 0 Å². The van der Waals surface area contributed by atoms with Crippen molar-refractivity contribution in [2.75, 3.05) is 20.3 Å². The van der Waals surface area contributed by atoms with Crippen LogP contribution in [0.1, 0.15) is 5.56 Å². The van der Waals surface area contributed by atoms with Crippen molar-refractivity contribution < 1.29 is 9.47 Å². The van der Waals surface area contributed by atoms with E-state index in [9.17, 15) is 0 Å². The van der Waals surface area contributed by atoms with Crippen LogP contribution in [0.15, 0.2) is 24.3 Å². The largest absolute Gasteiger partial charge is 0.496 e. The number of para-hydroxylation sites is 1. The van der Waals surface area contributed by atoms with Crippen molar-refractivity contribution in [3.8, 4) is 5.75 Å². The zero-order chi connectivity index (χ0) is 11.1. The Bertz CT molecular complexity index is 292. The number of hydrogen-bond donors (Lipinski definition) is 2. The maximum atomic E-state index is 5.63. The average Bonchev–Trinajstić information content (AvgIpc) is 2.29. The fourth-order valence-electron chi connectivity index (χ4n) is 1.21. The molecular formula is C11H18N2O2. The molecule has 0 saturated heterocycles. The Morgan fingerprint density at radius 2 is 2.07 bits per heavy atom. The highest BCUT2D eigenvalue weighted by Gasteiger charge is 2.03. The van der Waals surface area contributed by atoms with E-state index in [0.717, 1.165) is 11.3 Å². The van der Waals surface area contributed by atoms with Gasteiger partial charge in [-0.3, -0.25) is 0 Å². The fourth-order valence-corrected chi connectivity index (χ4v) is 1.21. The Morgan fingerprint density at radius 3 is 2.73 bits per heavy atom. The van der Waals surface area contributed by atoms with Gasteiger partial charge < -0.3 is 20.9 Å². The third kappa shape index (κ3) is 3.87. The lowest BCUT2D eigenvalue weighted by atomic mass is 10.2. The number of methoxy groups -OCH3 is 1. The molecule has 0 radical (unpaired) electrons. The fraction of sp³-hybridized carbons (Fsp3) is 0.455. The number of ether oxygens (including phenoxy) is 2. The number of rotatable bonds is 6. The highest BCUT2D eigenvalue weighted by Crippen LogP contribution is 2.17. The second kappa shape index (κ2) is 6.40. The van der Waals surface area contributed by atoms with E-state index in [1.54, 1.807) is 7.11 Å². The summed E-state index contributed by atoms with van der Waals surface area (Å²) in [6.07, 6.45) is 0. The molecule has 0 fully saturated rings. The molecule has 0 aliphatic rings. The van der Waals surface area contributed by atoms with Gasteiger partial charge in [0.05, 0.1) is 20.3 Å². The molecule has 0 amide bonds. The van der Waals surface area contributed by atoms with Crippen molar-refractivity contribution in [3.05, 3.63) is 29.8 Å². The van der Waals surface area contributed by atoms with E-state index in [0.29, 0.717) is 19.8 Å². The molecule has 0 aromatic heterocycles. The predicted molar refractivity (Wildman–Crippen MR) is 59.7 cm³/mol. The Labute approximate surface area is 90.2 Å². The molecule has 1 aromatic carbocycles. The van der Waals surface area contributed by atoms with E-state index in [4.69, 9.17) is 20.9 Å². The summed E-state index contributed by atoms with van der Waals surface area (Å²) >= 11 is 0. The Kier molecular flexibility index (Phi) is 5.10. The van der Waals surface area contributed by atoms with E-state index in [-0.39, 0.29) is 6.04 Å². The molecule has 15 heavy (non-hydrogen) atoms. The quantitative estimate of drug-likeness (QED) is 0.717. The van der Waals surface area contributed by atoms with Crippen LogP contribution in [-0.4, -0.2) is 26.3 Å². The molecule has 4 heteroatoms. The first kappa shape index (κ1) is 12.0. The standard InChI is InChI=1S/C11H18N2O2/c1-14-11-5-3-2-4-9(11)7-15-8-10(13)6-12/h2-5,10H,6-8,12-13H2,1H3/t10-/m0/s1. The highest BCUT2D eigenvalue weighted by molar-refractivity contribution is 5.32. The first-order valence-corrected chi connectivity index (χ1v) is 4.93. The highest BCUT2D eigenvalue weighted by atomic mass is 16.5. The van der Waals surface area contributed by atoms with E-state index < -0.39 is 0 Å². The molecule has 0 aliphatic heterocycles. The van der Waals surface area contributed by atoms with Crippen molar-refractivity contribution in [2.24, 2.45) is 11.5 Å². The molecule has 1 rings (SSSR count). The minimum atomic E-state index is -0.0975. The average molecular weight is 210 g/mol. The second-order valence-corrected chi connectivity index (χ2v) is 3.32. The van der Waals surface area contributed by atoms with Crippen LogP contribution < -0.4 is 16.2 Å². The third-order valence-corrected chi connectivity index (χ3v) is 2.08. The Morgan fingerprint density at radius 1 is 1.33 bits per heavy atom. The van der Waals surface area contributed by atoms with Crippen molar-refractivity contribution in [1.29, 1.82) is 0 Å². The summed E-state index contributed by atoms with van der Waals surface area (Å²) in [5, 5.41) is 0. The minimum Gasteiger partial charge on any atom is -0.496 e. The maximum absolute atomic E-state index is 5.63. The van der Waals surface area contributed by atoms with Crippen LogP contribution in [0.3, 0.4) is 0 Å². The van der Waals surface area contributed by atoms with Gasteiger partial charge in [-0.05, 0) is 6.07 Å². The van der Waals surface area contributed by atoms with Gasteiger partial charge in [0, 0.05) is 18.2 Å².